The Balaban J connectivity index is 2.93. The number of carbonyl (C=O) groups is 2. The van der Waals surface area contributed by atoms with Crippen molar-refractivity contribution in [2.75, 3.05) is 12.3 Å². The van der Waals surface area contributed by atoms with E-state index in [4.69, 9.17) is 5.11 Å². The van der Waals surface area contributed by atoms with Crippen molar-refractivity contribution < 1.29 is 27.5 Å². The first kappa shape index (κ1) is 17.1. The Morgan fingerprint density at radius 2 is 1.95 bits per heavy atom. The van der Waals surface area contributed by atoms with Gasteiger partial charge in [0.2, 0.25) is 5.91 Å². The van der Waals surface area contributed by atoms with Crippen molar-refractivity contribution in [2.24, 2.45) is 5.92 Å². The molecule has 2 N–H and O–H groups in total. The van der Waals surface area contributed by atoms with Crippen LogP contribution in [0.25, 0.3) is 0 Å². The topological polar surface area (TPSA) is 101 Å². The fraction of sp³-hybridized carbons (Fsp3) is 0.385. The van der Waals surface area contributed by atoms with E-state index in [2.05, 4.69) is 5.32 Å². The van der Waals surface area contributed by atoms with Gasteiger partial charge in [0.15, 0.2) is 9.84 Å². The summed E-state index contributed by atoms with van der Waals surface area (Å²) in [6.07, 6.45) is 0. The first-order valence-corrected chi connectivity index (χ1v) is 7.81. The van der Waals surface area contributed by atoms with Crippen molar-refractivity contribution in [2.45, 2.75) is 18.7 Å². The molecule has 6 nitrogen and oxygen atoms in total. The highest BCUT2D eigenvalue weighted by molar-refractivity contribution is 7.92. The molecule has 0 fully saturated rings. The molecule has 0 spiro atoms. The van der Waals surface area contributed by atoms with E-state index >= 15 is 0 Å². The number of benzene rings is 1. The summed E-state index contributed by atoms with van der Waals surface area (Å²) in [6, 6.07) is 2.44. The summed E-state index contributed by atoms with van der Waals surface area (Å²) in [7, 11) is -4.16. The third kappa shape index (κ3) is 4.82. The van der Waals surface area contributed by atoms with E-state index in [9.17, 15) is 22.4 Å². The van der Waals surface area contributed by atoms with Crippen LogP contribution < -0.4 is 5.32 Å². The molecule has 0 bridgehead atoms. The quantitative estimate of drug-likeness (QED) is 0.817. The van der Waals surface area contributed by atoms with Crippen molar-refractivity contribution in [1.29, 1.82) is 0 Å². The van der Waals surface area contributed by atoms with E-state index in [-0.39, 0.29) is 11.5 Å². The third-order valence-electron chi connectivity index (χ3n) is 2.54. The number of carbonyl (C=O) groups excluding carboxylic acids is 1. The van der Waals surface area contributed by atoms with Crippen LogP contribution >= 0.6 is 0 Å². The lowest BCUT2D eigenvalue weighted by Crippen LogP contribution is -2.33. The lowest BCUT2D eigenvalue weighted by molar-refractivity contribution is -0.118. The fourth-order valence-electron chi connectivity index (χ4n) is 1.51. The zero-order chi connectivity index (χ0) is 16.2. The molecule has 0 unspecified atom stereocenters. The second-order valence-electron chi connectivity index (χ2n) is 4.91. The Bertz CT molecular complexity index is 655. The van der Waals surface area contributed by atoms with Crippen LogP contribution in [-0.2, 0) is 14.6 Å². The Hall–Kier alpha value is -1.96. The first-order valence-electron chi connectivity index (χ1n) is 6.16. The maximum atomic E-state index is 13.7. The summed E-state index contributed by atoms with van der Waals surface area (Å²) in [6.45, 7) is 4.01. The SMILES string of the molecule is CC(C)CNC(=O)CS(=O)(=O)c1ccc(C(=O)O)cc1F. The number of hydrogen-bond donors (Lipinski definition) is 2. The smallest absolute Gasteiger partial charge is 0.335 e. The maximum Gasteiger partial charge on any atom is 0.335 e. The monoisotopic (exact) mass is 317 g/mol. The Labute approximate surface area is 121 Å². The lowest BCUT2D eigenvalue weighted by Gasteiger charge is -2.09. The summed E-state index contributed by atoms with van der Waals surface area (Å²) < 4.78 is 37.6. The molecule has 21 heavy (non-hydrogen) atoms. The highest BCUT2D eigenvalue weighted by Gasteiger charge is 2.23. The molecular formula is C13H16FNO5S. The van der Waals surface area contributed by atoms with Crippen LogP contribution in [0.2, 0.25) is 0 Å². The van der Waals surface area contributed by atoms with Gasteiger partial charge in [0.1, 0.15) is 16.5 Å². The van der Waals surface area contributed by atoms with Gasteiger partial charge in [-0.15, -0.1) is 0 Å². The van der Waals surface area contributed by atoms with Gasteiger partial charge in [0, 0.05) is 6.54 Å². The summed E-state index contributed by atoms with van der Waals surface area (Å²) in [4.78, 5) is 21.5. The van der Waals surface area contributed by atoms with Gasteiger partial charge in [0.05, 0.1) is 5.56 Å². The van der Waals surface area contributed by atoms with E-state index in [1.54, 1.807) is 0 Å². The van der Waals surface area contributed by atoms with Gasteiger partial charge in [0.25, 0.3) is 0 Å². The van der Waals surface area contributed by atoms with Crippen molar-refractivity contribution in [3.05, 3.63) is 29.6 Å². The number of nitrogens with one attached hydrogen (secondary N) is 1. The molecule has 0 aliphatic rings. The molecule has 0 saturated heterocycles. The number of hydrogen-bond acceptors (Lipinski definition) is 4. The van der Waals surface area contributed by atoms with Gasteiger partial charge in [-0.25, -0.2) is 17.6 Å². The van der Waals surface area contributed by atoms with Crippen molar-refractivity contribution in [3.63, 3.8) is 0 Å². The number of sulfone groups is 1. The average Bonchev–Trinajstić information content (AvgIpc) is 2.35. The molecule has 0 aromatic heterocycles. The molecule has 1 aromatic carbocycles. The third-order valence-corrected chi connectivity index (χ3v) is 4.19. The number of rotatable bonds is 6. The standard InChI is InChI=1S/C13H16FNO5S/c1-8(2)6-15-12(16)7-21(19,20)11-4-3-9(13(17)18)5-10(11)14/h3-5,8H,6-7H2,1-2H3,(H,15,16)(H,17,18). The number of carboxylic acids is 1. The summed E-state index contributed by atoms with van der Waals surface area (Å²) in [5, 5.41) is 11.1. The molecule has 0 aliphatic heterocycles. The minimum Gasteiger partial charge on any atom is -0.478 e. The van der Waals surface area contributed by atoms with Crippen molar-refractivity contribution in [3.8, 4) is 0 Å². The molecule has 0 heterocycles. The molecular weight excluding hydrogens is 301 g/mol. The molecule has 8 heteroatoms. The van der Waals surface area contributed by atoms with Gasteiger partial charge in [-0.2, -0.15) is 0 Å². The number of carboxylic acid groups (broad SMARTS) is 1. The van der Waals surface area contributed by atoms with Crippen LogP contribution in [0.15, 0.2) is 23.1 Å². The largest absolute Gasteiger partial charge is 0.478 e. The van der Waals surface area contributed by atoms with Crippen LogP contribution in [-0.4, -0.2) is 37.7 Å². The van der Waals surface area contributed by atoms with Gasteiger partial charge in [-0.05, 0) is 24.1 Å². The molecule has 0 atom stereocenters. The minimum atomic E-state index is -4.16. The summed E-state index contributed by atoms with van der Waals surface area (Å²) >= 11 is 0. The van der Waals surface area contributed by atoms with Crippen LogP contribution in [0, 0.1) is 11.7 Å². The van der Waals surface area contributed by atoms with E-state index in [0.717, 1.165) is 12.1 Å². The van der Waals surface area contributed by atoms with Crippen LogP contribution in [0.5, 0.6) is 0 Å². The van der Waals surface area contributed by atoms with Gasteiger partial charge in [-0.3, -0.25) is 4.79 Å². The zero-order valence-electron chi connectivity index (χ0n) is 11.6. The van der Waals surface area contributed by atoms with Crippen LogP contribution in [0.1, 0.15) is 24.2 Å². The predicted molar refractivity (Wildman–Crippen MR) is 73.3 cm³/mol. The Morgan fingerprint density at radius 3 is 2.43 bits per heavy atom. The highest BCUT2D eigenvalue weighted by Crippen LogP contribution is 2.17. The number of halogens is 1. The molecule has 0 aliphatic carbocycles. The maximum absolute atomic E-state index is 13.7. The number of amides is 1. The molecule has 1 aromatic rings. The van der Waals surface area contributed by atoms with Crippen LogP contribution in [0.3, 0.4) is 0 Å². The zero-order valence-corrected chi connectivity index (χ0v) is 12.4. The molecule has 0 saturated carbocycles. The van der Waals surface area contributed by atoms with E-state index < -0.39 is 38.2 Å². The van der Waals surface area contributed by atoms with E-state index in [1.165, 1.54) is 0 Å². The Morgan fingerprint density at radius 1 is 1.33 bits per heavy atom. The predicted octanol–water partition coefficient (Wildman–Crippen LogP) is 1.07. The Kier molecular flexibility index (Phi) is 5.42. The van der Waals surface area contributed by atoms with Gasteiger partial charge in [-0.1, -0.05) is 13.8 Å². The normalized spacial score (nSPS) is 11.4. The van der Waals surface area contributed by atoms with E-state index in [1.807, 2.05) is 13.8 Å². The minimum absolute atomic E-state index is 0.156. The van der Waals surface area contributed by atoms with Crippen molar-refractivity contribution >= 4 is 21.7 Å². The van der Waals surface area contributed by atoms with Crippen molar-refractivity contribution in [1.82, 2.24) is 5.32 Å². The fourth-order valence-corrected chi connectivity index (χ4v) is 2.74. The highest BCUT2D eigenvalue weighted by atomic mass is 32.2. The molecule has 116 valence electrons. The molecule has 1 rings (SSSR count). The molecule has 1 amide bonds. The second kappa shape index (κ2) is 6.66. The first-order chi connectivity index (χ1) is 9.63. The van der Waals surface area contributed by atoms with E-state index in [0.29, 0.717) is 12.6 Å². The summed E-state index contributed by atoms with van der Waals surface area (Å²) in [5.41, 5.74) is -0.365. The lowest BCUT2D eigenvalue weighted by atomic mass is 10.2. The second-order valence-corrected chi connectivity index (χ2v) is 6.87. The molecule has 0 radical (unpaired) electrons. The van der Waals surface area contributed by atoms with Gasteiger partial charge >= 0.3 is 5.97 Å². The number of aromatic carboxylic acids is 1. The van der Waals surface area contributed by atoms with Crippen LogP contribution in [0.4, 0.5) is 4.39 Å². The van der Waals surface area contributed by atoms with Gasteiger partial charge < -0.3 is 10.4 Å². The average molecular weight is 317 g/mol. The summed E-state index contributed by atoms with van der Waals surface area (Å²) in [5.74, 6) is -4.02.